The van der Waals surface area contributed by atoms with Crippen molar-refractivity contribution in [3.63, 3.8) is 0 Å². The summed E-state index contributed by atoms with van der Waals surface area (Å²) in [5, 5.41) is 19.5. The summed E-state index contributed by atoms with van der Waals surface area (Å²) in [6, 6.07) is 0. The first-order valence-corrected chi connectivity index (χ1v) is 12.6. The quantitative estimate of drug-likeness (QED) is 0.633. The van der Waals surface area contributed by atoms with Crippen LogP contribution in [0.3, 0.4) is 0 Å². The van der Waals surface area contributed by atoms with Gasteiger partial charge in [0.2, 0.25) is 0 Å². The zero-order chi connectivity index (χ0) is 21.8. The highest BCUT2D eigenvalue weighted by molar-refractivity contribution is 5.86. The SMILES string of the molecule is CCC1C(=O)C2C(CC[C@@]3(C)C2CCC3[C@@H](C)CCC(=O)O)[C@@]2(C)CC[C@@H](O)CC12. The Labute approximate surface area is 182 Å². The van der Waals surface area contributed by atoms with Gasteiger partial charge in [0.05, 0.1) is 6.10 Å². The molecule has 0 aromatic heterocycles. The van der Waals surface area contributed by atoms with Gasteiger partial charge in [0.15, 0.2) is 0 Å². The summed E-state index contributed by atoms with van der Waals surface area (Å²) in [5.41, 5.74) is 0.358. The van der Waals surface area contributed by atoms with Crippen LogP contribution in [0.5, 0.6) is 0 Å². The molecule has 4 nitrogen and oxygen atoms in total. The van der Waals surface area contributed by atoms with Crippen molar-refractivity contribution in [3.8, 4) is 0 Å². The zero-order valence-corrected chi connectivity index (χ0v) is 19.4. The molecule has 170 valence electrons. The second-order valence-electron chi connectivity index (χ2n) is 11.8. The van der Waals surface area contributed by atoms with Crippen LogP contribution in [-0.4, -0.2) is 28.1 Å². The number of aliphatic hydroxyl groups excluding tert-OH is 1. The van der Waals surface area contributed by atoms with Crippen molar-refractivity contribution in [2.24, 2.45) is 52.3 Å². The molecule has 4 fully saturated rings. The number of aliphatic carboxylic acids is 1. The van der Waals surface area contributed by atoms with Crippen LogP contribution in [0.2, 0.25) is 0 Å². The average molecular weight is 419 g/mol. The van der Waals surface area contributed by atoms with E-state index in [0.29, 0.717) is 35.4 Å². The molecule has 4 aliphatic carbocycles. The van der Waals surface area contributed by atoms with Crippen molar-refractivity contribution in [3.05, 3.63) is 0 Å². The van der Waals surface area contributed by atoms with Crippen LogP contribution in [0, 0.1) is 52.3 Å². The molecule has 0 saturated heterocycles. The average Bonchev–Trinajstić information content (AvgIpc) is 3.05. The van der Waals surface area contributed by atoms with E-state index in [4.69, 9.17) is 5.11 Å². The van der Waals surface area contributed by atoms with E-state index in [1.165, 1.54) is 6.42 Å². The van der Waals surface area contributed by atoms with E-state index < -0.39 is 5.97 Å². The predicted molar refractivity (Wildman–Crippen MR) is 117 cm³/mol. The van der Waals surface area contributed by atoms with E-state index in [1.54, 1.807) is 0 Å². The summed E-state index contributed by atoms with van der Waals surface area (Å²) >= 11 is 0. The molecule has 2 N–H and O–H groups in total. The van der Waals surface area contributed by atoms with Crippen LogP contribution < -0.4 is 0 Å². The number of aliphatic hydroxyl groups is 1. The van der Waals surface area contributed by atoms with Crippen LogP contribution in [0.4, 0.5) is 0 Å². The number of carbonyl (C=O) groups excluding carboxylic acids is 1. The minimum absolute atomic E-state index is 0.108. The smallest absolute Gasteiger partial charge is 0.303 e. The lowest BCUT2D eigenvalue weighted by Crippen LogP contribution is -2.60. The maximum absolute atomic E-state index is 13.9. The molecule has 4 saturated carbocycles. The molecule has 0 aliphatic heterocycles. The Balaban J connectivity index is 1.62. The monoisotopic (exact) mass is 418 g/mol. The third-order valence-corrected chi connectivity index (χ3v) is 10.7. The lowest BCUT2D eigenvalue weighted by Gasteiger charge is -2.62. The summed E-state index contributed by atoms with van der Waals surface area (Å²) < 4.78 is 0. The number of Topliss-reactive ketones (excluding diaryl/α,β-unsaturated/α-hetero) is 1. The van der Waals surface area contributed by atoms with Crippen molar-refractivity contribution >= 4 is 11.8 Å². The number of fused-ring (bicyclic) bond motifs is 5. The third-order valence-electron chi connectivity index (χ3n) is 10.7. The minimum atomic E-state index is -0.697. The van der Waals surface area contributed by atoms with Crippen LogP contribution in [0.15, 0.2) is 0 Å². The Morgan fingerprint density at radius 1 is 1.07 bits per heavy atom. The Morgan fingerprint density at radius 3 is 2.40 bits per heavy atom. The fraction of sp³-hybridized carbons (Fsp3) is 0.923. The molecule has 0 heterocycles. The first kappa shape index (κ1) is 22.3. The number of hydrogen-bond acceptors (Lipinski definition) is 3. The molecule has 30 heavy (non-hydrogen) atoms. The van der Waals surface area contributed by atoms with Crippen LogP contribution in [0.25, 0.3) is 0 Å². The summed E-state index contributed by atoms with van der Waals surface area (Å²) in [5.74, 6) is 2.31. The van der Waals surface area contributed by atoms with E-state index in [0.717, 1.165) is 51.4 Å². The van der Waals surface area contributed by atoms with E-state index in [9.17, 15) is 14.7 Å². The molecule has 0 aromatic carbocycles. The Kier molecular flexibility index (Phi) is 5.87. The maximum atomic E-state index is 13.9. The van der Waals surface area contributed by atoms with Gasteiger partial charge in [0.25, 0.3) is 0 Å². The molecule has 0 spiro atoms. The lowest BCUT2D eigenvalue weighted by atomic mass is 9.42. The van der Waals surface area contributed by atoms with Gasteiger partial charge in [-0.3, -0.25) is 9.59 Å². The molecule has 4 aliphatic rings. The molecule has 0 radical (unpaired) electrons. The van der Waals surface area contributed by atoms with E-state index in [-0.39, 0.29) is 35.2 Å². The van der Waals surface area contributed by atoms with E-state index in [2.05, 4.69) is 27.7 Å². The van der Waals surface area contributed by atoms with Crippen LogP contribution in [0.1, 0.15) is 91.9 Å². The predicted octanol–water partition coefficient (Wildman–Crippen LogP) is 5.32. The van der Waals surface area contributed by atoms with E-state index in [1.807, 2.05) is 0 Å². The van der Waals surface area contributed by atoms with Crippen molar-refractivity contribution in [1.29, 1.82) is 0 Å². The van der Waals surface area contributed by atoms with Crippen molar-refractivity contribution in [2.75, 3.05) is 0 Å². The number of ketones is 1. The van der Waals surface area contributed by atoms with Gasteiger partial charge in [-0.15, -0.1) is 0 Å². The second kappa shape index (κ2) is 7.90. The molecular weight excluding hydrogens is 376 g/mol. The van der Waals surface area contributed by atoms with Gasteiger partial charge in [-0.2, -0.15) is 0 Å². The Hall–Kier alpha value is -0.900. The molecule has 10 atom stereocenters. The highest BCUT2D eigenvalue weighted by Crippen LogP contribution is 2.68. The first-order valence-electron chi connectivity index (χ1n) is 12.6. The molecule has 0 aromatic rings. The van der Waals surface area contributed by atoms with Crippen molar-refractivity contribution in [1.82, 2.24) is 0 Å². The number of carbonyl (C=O) groups is 2. The van der Waals surface area contributed by atoms with Gasteiger partial charge in [-0.1, -0.05) is 27.7 Å². The standard InChI is InChI=1S/C26H42O4/c1-5-17-21-14-16(27)10-12-26(21,4)20-11-13-25(3)18(15(2)6-9-22(28)29)7-8-19(25)23(20)24(17)30/h15-21,23,27H,5-14H2,1-4H3,(H,28,29)/t15-,16+,17?,18?,19?,20?,21?,23?,25+,26+/m0/s1. The molecule has 0 amide bonds. The summed E-state index contributed by atoms with van der Waals surface area (Å²) in [6.45, 7) is 9.28. The largest absolute Gasteiger partial charge is 0.481 e. The number of rotatable bonds is 5. The highest BCUT2D eigenvalue weighted by Gasteiger charge is 2.65. The number of carboxylic acids is 1. The van der Waals surface area contributed by atoms with Crippen molar-refractivity contribution < 1.29 is 19.8 Å². The fourth-order valence-electron chi connectivity index (χ4n) is 9.16. The van der Waals surface area contributed by atoms with Crippen molar-refractivity contribution in [2.45, 2.75) is 98.0 Å². The summed E-state index contributed by atoms with van der Waals surface area (Å²) in [4.78, 5) is 25.0. The van der Waals surface area contributed by atoms with Gasteiger partial charge in [-0.05, 0) is 98.2 Å². The normalized spacial score (nSPS) is 49.1. The lowest BCUT2D eigenvalue weighted by molar-refractivity contribution is -0.173. The summed E-state index contributed by atoms with van der Waals surface area (Å²) in [7, 11) is 0. The highest BCUT2D eigenvalue weighted by atomic mass is 16.4. The van der Waals surface area contributed by atoms with Gasteiger partial charge in [-0.25, -0.2) is 0 Å². The van der Waals surface area contributed by atoms with Crippen LogP contribution in [-0.2, 0) is 9.59 Å². The van der Waals surface area contributed by atoms with E-state index >= 15 is 0 Å². The molecular formula is C26H42O4. The van der Waals surface area contributed by atoms with Gasteiger partial charge in [0.1, 0.15) is 5.78 Å². The van der Waals surface area contributed by atoms with Gasteiger partial charge < -0.3 is 10.2 Å². The molecule has 4 heteroatoms. The molecule has 6 unspecified atom stereocenters. The molecule has 4 rings (SSSR count). The van der Waals surface area contributed by atoms with Crippen LogP contribution >= 0.6 is 0 Å². The summed E-state index contributed by atoms with van der Waals surface area (Å²) in [6.07, 6.45) is 9.01. The first-order chi connectivity index (χ1) is 14.1. The maximum Gasteiger partial charge on any atom is 0.303 e. The minimum Gasteiger partial charge on any atom is -0.481 e. The Bertz CT molecular complexity index is 689. The third kappa shape index (κ3) is 3.27. The number of hydrogen-bond donors (Lipinski definition) is 2. The van der Waals surface area contributed by atoms with Gasteiger partial charge >= 0.3 is 5.97 Å². The number of carboxylic acid groups (broad SMARTS) is 1. The Morgan fingerprint density at radius 2 is 1.73 bits per heavy atom. The topological polar surface area (TPSA) is 74.6 Å². The zero-order valence-electron chi connectivity index (χ0n) is 19.4. The van der Waals surface area contributed by atoms with Gasteiger partial charge in [0, 0.05) is 18.3 Å². The molecule has 0 bridgehead atoms. The second-order valence-corrected chi connectivity index (χ2v) is 11.8. The fourth-order valence-corrected chi connectivity index (χ4v) is 9.16.